The second kappa shape index (κ2) is 11.0. The Morgan fingerprint density at radius 3 is 2.20 bits per heavy atom. The number of alkyl carbamates (subject to hydrolysis) is 2. The average molecular weight is 543 g/mol. The van der Waals surface area contributed by atoms with Crippen LogP contribution in [0.4, 0.5) is 9.59 Å². The summed E-state index contributed by atoms with van der Waals surface area (Å²) in [7, 11) is 0. The predicted molar refractivity (Wildman–Crippen MR) is 150 cm³/mol. The lowest BCUT2D eigenvalue weighted by atomic mass is 9.98. The number of hydrogen-bond acceptors (Lipinski definition) is 5. The van der Waals surface area contributed by atoms with Crippen LogP contribution >= 0.6 is 0 Å². The lowest BCUT2D eigenvalue weighted by Crippen LogP contribution is -2.43. The van der Waals surface area contributed by atoms with Crippen LogP contribution in [-0.2, 0) is 27.1 Å². The number of ether oxygens (including phenoxy) is 2. The van der Waals surface area contributed by atoms with E-state index >= 15 is 0 Å². The summed E-state index contributed by atoms with van der Waals surface area (Å²) < 4.78 is 11.0. The lowest BCUT2D eigenvalue weighted by molar-refractivity contribution is -0.139. The van der Waals surface area contributed by atoms with Gasteiger partial charge >= 0.3 is 18.2 Å². The largest absolute Gasteiger partial charge is 0.480 e. The van der Waals surface area contributed by atoms with Gasteiger partial charge in [-0.1, -0.05) is 66.7 Å². The topological polar surface area (TPSA) is 114 Å². The number of carboxylic acids is 1. The minimum Gasteiger partial charge on any atom is -0.480 e. The molecule has 0 heterocycles. The van der Waals surface area contributed by atoms with Crippen molar-refractivity contribution >= 4 is 18.2 Å². The number of rotatable bonds is 7. The van der Waals surface area contributed by atoms with E-state index in [-0.39, 0.29) is 25.0 Å². The van der Waals surface area contributed by atoms with E-state index in [9.17, 15) is 19.5 Å². The van der Waals surface area contributed by atoms with Crippen molar-refractivity contribution in [3.8, 4) is 11.1 Å². The lowest BCUT2D eigenvalue weighted by Gasteiger charge is -2.22. The Morgan fingerprint density at radius 1 is 0.925 bits per heavy atom. The van der Waals surface area contributed by atoms with Gasteiger partial charge in [0.05, 0.1) is 6.04 Å². The number of aliphatic carboxylic acids is 1. The molecule has 0 bridgehead atoms. The van der Waals surface area contributed by atoms with E-state index in [0.29, 0.717) is 0 Å². The Balaban J connectivity index is 1.22. The quantitative estimate of drug-likeness (QED) is 0.351. The van der Waals surface area contributed by atoms with Gasteiger partial charge in [-0.2, -0.15) is 0 Å². The van der Waals surface area contributed by atoms with Crippen molar-refractivity contribution in [2.24, 2.45) is 0 Å². The first-order chi connectivity index (χ1) is 19.1. The summed E-state index contributed by atoms with van der Waals surface area (Å²) in [5.41, 5.74) is 6.57. The molecule has 5 rings (SSSR count). The molecule has 0 aromatic heterocycles. The van der Waals surface area contributed by atoms with Crippen molar-refractivity contribution in [2.45, 2.75) is 63.6 Å². The first-order valence-corrected chi connectivity index (χ1v) is 13.5. The summed E-state index contributed by atoms with van der Waals surface area (Å²) >= 11 is 0. The van der Waals surface area contributed by atoms with Gasteiger partial charge in [-0.3, -0.25) is 0 Å². The zero-order chi connectivity index (χ0) is 28.4. The Labute approximate surface area is 233 Å². The fourth-order valence-corrected chi connectivity index (χ4v) is 5.60. The van der Waals surface area contributed by atoms with Crippen molar-refractivity contribution in [1.82, 2.24) is 10.6 Å². The molecule has 0 fully saturated rings. The molecule has 2 amide bonds. The first-order valence-electron chi connectivity index (χ1n) is 13.5. The van der Waals surface area contributed by atoms with Crippen LogP contribution in [0.25, 0.3) is 11.1 Å². The number of fused-ring (bicyclic) bond motifs is 4. The molecule has 208 valence electrons. The number of carbonyl (C=O) groups excluding carboxylic acids is 2. The Morgan fingerprint density at radius 2 is 1.57 bits per heavy atom. The van der Waals surface area contributed by atoms with Crippen LogP contribution in [0, 0.1) is 0 Å². The summed E-state index contributed by atoms with van der Waals surface area (Å²) in [6, 6.07) is 20.4. The molecule has 0 spiro atoms. The van der Waals surface area contributed by atoms with Gasteiger partial charge in [-0.25, -0.2) is 14.4 Å². The third-order valence-corrected chi connectivity index (χ3v) is 7.35. The third-order valence-electron chi connectivity index (χ3n) is 7.35. The molecular formula is C32H34N2O6. The van der Waals surface area contributed by atoms with Crippen LogP contribution in [0.5, 0.6) is 0 Å². The highest BCUT2D eigenvalue weighted by Crippen LogP contribution is 2.44. The van der Waals surface area contributed by atoms with Gasteiger partial charge in [-0.15, -0.1) is 0 Å². The van der Waals surface area contributed by atoms with Gasteiger partial charge in [0.25, 0.3) is 0 Å². The molecule has 8 heteroatoms. The van der Waals surface area contributed by atoms with Crippen LogP contribution in [0.1, 0.15) is 67.0 Å². The van der Waals surface area contributed by atoms with Crippen molar-refractivity contribution in [3.63, 3.8) is 0 Å². The van der Waals surface area contributed by atoms with Gasteiger partial charge in [0.1, 0.15) is 18.2 Å². The SMILES string of the molecule is CC(C)(C)OC(=O)N[C@@H]1CCc2ccc(C[C@H](NC(=O)OCC3c4ccccc4-c4ccccc43)C(=O)O)cc21. The van der Waals surface area contributed by atoms with E-state index < -0.39 is 29.8 Å². The maximum absolute atomic E-state index is 12.7. The van der Waals surface area contributed by atoms with Crippen molar-refractivity contribution in [1.29, 1.82) is 0 Å². The highest BCUT2D eigenvalue weighted by atomic mass is 16.6. The Hall–Kier alpha value is -4.33. The number of benzene rings is 3. The summed E-state index contributed by atoms with van der Waals surface area (Å²) in [6.07, 6.45) is 0.344. The molecule has 2 aliphatic carbocycles. The number of nitrogens with one attached hydrogen (secondary N) is 2. The molecule has 40 heavy (non-hydrogen) atoms. The fourth-order valence-electron chi connectivity index (χ4n) is 5.60. The summed E-state index contributed by atoms with van der Waals surface area (Å²) in [5, 5.41) is 15.3. The molecule has 0 radical (unpaired) electrons. The summed E-state index contributed by atoms with van der Waals surface area (Å²) in [4.78, 5) is 37.1. The van der Waals surface area contributed by atoms with Gasteiger partial charge in [0.15, 0.2) is 0 Å². The van der Waals surface area contributed by atoms with Gasteiger partial charge in [0.2, 0.25) is 0 Å². The minimum atomic E-state index is -1.17. The molecule has 3 aromatic rings. The zero-order valence-corrected chi connectivity index (χ0v) is 22.9. The maximum atomic E-state index is 12.7. The molecule has 2 aliphatic rings. The fraction of sp³-hybridized carbons (Fsp3) is 0.344. The van der Waals surface area contributed by atoms with Crippen molar-refractivity contribution in [2.75, 3.05) is 6.61 Å². The third kappa shape index (κ3) is 5.96. The first kappa shape index (κ1) is 27.2. The number of amides is 2. The zero-order valence-electron chi connectivity index (χ0n) is 22.9. The molecule has 0 saturated carbocycles. The van der Waals surface area contributed by atoms with Crippen LogP contribution < -0.4 is 10.6 Å². The Kier molecular flexibility index (Phi) is 7.52. The van der Waals surface area contributed by atoms with Gasteiger partial charge < -0.3 is 25.2 Å². The van der Waals surface area contributed by atoms with Crippen LogP contribution in [0.15, 0.2) is 66.7 Å². The van der Waals surface area contributed by atoms with Crippen LogP contribution in [-0.4, -0.2) is 41.5 Å². The highest BCUT2D eigenvalue weighted by Gasteiger charge is 2.31. The molecule has 2 atom stereocenters. The van der Waals surface area contributed by atoms with E-state index in [4.69, 9.17) is 9.47 Å². The van der Waals surface area contributed by atoms with Crippen molar-refractivity contribution in [3.05, 3.63) is 94.5 Å². The summed E-state index contributed by atoms with van der Waals surface area (Å²) in [6.45, 7) is 5.53. The molecular weight excluding hydrogens is 508 g/mol. The molecule has 0 saturated heterocycles. The standard InChI is InChI=1S/C32H34N2O6/c1-32(2,3)40-31(38)33-27-15-14-20-13-12-19(16-25(20)27)17-28(29(35)36)34-30(37)39-18-26-23-10-6-4-8-21(23)22-9-5-7-11-24(22)26/h4-13,16,26-28H,14-15,17-18H2,1-3H3,(H,33,38)(H,34,37)(H,35,36)/t27-,28+/m1/s1. The predicted octanol–water partition coefficient (Wildman–Crippen LogP) is 5.73. The smallest absolute Gasteiger partial charge is 0.408 e. The molecule has 0 aliphatic heterocycles. The van der Waals surface area contributed by atoms with Gasteiger partial charge in [-0.05, 0) is 72.6 Å². The van der Waals surface area contributed by atoms with Crippen molar-refractivity contribution < 1.29 is 29.0 Å². The highest BCUT2D eigenvalue weighted by molar-refractivity contribution is 5.81. The number of carboxylic acid groups (broad SMARTS) is 1. The van der Waals surface area contributed by atoms with E-state index in [1.165, 1.54) is 0 Å². The van der Waals surface area contributed by atoms with Gasteiger partial charge in [0, 0.05) is 12.3 Å². The Bertz CT molecular complexity index is 1400. The normalized spacial score (nSPS) is 16.3. The van der Waals surface area contributed by atoms with E-state index in [0.717, 1.165) is 51.8 Å². The number of carbonyl (C=O) groups is 3. The number of aryl methyl sites for hydroxylation is 1. The monoisotopic (exact) mass is 542 g/mol. The number of hydrogen-bond donors (Lipinski definition) is 3. The molecule has 3 N–H and O–H groups in total. The minimum absolute atomic E-state index is 0.0754. The second-order valence-electron chi connectivity index (χ2n) is 11.3. The summed E-state index contributed by atoms with van der Waals surface area (Å²) in [5.74, 6) is -1.27. The van der Waals surface area contributed by atoms with Crippen LogP contribution in [0.2, 0.25) is 0 Å². The molecule has 0 unspecified atom stereocenters. The van der Waals surface area contributed by atoms with Crippen LogP contribution in [0.3, 0.4) is 0 Å². The second-order valence-corrected chi connectivity index (χ2v) is 11.3. The molecule has 8 nitrogen and oxygen atoms in total. The van der Waals surface area contributed by atoms with E-state index in [1.54, 1.807) is 0 Å². The average Bonchev–Trinajstić information content (AvgIpc) is 3.44. The molecule has 3 aromatic carbocycles. The van der Waals surface area contributed by atoms with E-state index in [2.05, 4.69) is 22.8 Å². The van der Waals surface area contributed by atoms with E-state index in [1.807, 2.05) is 75.4 Å². The maximum Gasteiger partial charge on any atom is 0.408 e.